The minimum Gasteiger partial charge on any atom is -0.451 e. The normalized spacial score (nSPS) is 15.8. The number of carbonyl (C=O) groups excluding carboxylic acids is 1. The average Bonchev–Trinajstić information content (AvgIpc) is 2.87. The van der Waals surface area contributed by atoms with Crippen LogP contribution in [-0.2, 0) is 11.2 Å². The third-order valence-corrected chi connectivity index (χ3v) is 3.94. The van der Waals surface area contributed by atoms with Crippen LogP contribution in [0.15, 0.2) is 52.0 Å². The summed E-state index contributed by atoms with van der Waals surface area (Å²) in [5.41, 5.74) is 4.26. The van der Waals surface area contributed by atoms with Gasteiger partial charge in [0.2, 0.25) is 12.2 Å². The zero-order valence-corrected chi connectivity index (χ0v) is 14.0. The van der Waals surface area contributed by atoms with E-state index in [0.717, 1.165) is 15.6 Å². The number of amides is 1. The molecule has 2 aromatic rings. The predicted octanol–water partition coefficient (Wildman–Crippen LogP) is 3.26. The quantitative estimate of drug-likeness (QED) is 0.659. The fraction of sp³-hybridized carbons (Fsp3) is 0.176. The standard InChI is InChI=1S/C17H15BrN2O3/c1-11-22-15-8-13(14(18)9-16(15)23-11)10-19-20-17(21)7-12-5-3-2-4-6-12/h2-6,8-11H,7H2,1H3,(H,20,21). The van der Waals surface area contributed by atoms with Gasteiger partial charge in [0.05, 0.1) is 12.6 Å². The molecule has 0 radical (unpaired) electrons. The number of hydrogen-bond acceptors (Lipinski definition) is 4. The molecule has 0 aliphatic carbocycles. The molecule has 0 fully saturated rings. The molecule has 1 unspecified atom stereocenters. The summed E-state index contributed by atoms with van der Waals surface area (Å²) in [6.07, 6.45) is 1.56. The maximum Gasteiger partial charge on any atom is 0.244 e. The second kappa shape index (κ2) is 6.83. The lowest BCUT2D eigenvalue weighted by atomic mass is 10.1. The van der Waals surface area contributed by atoms with Gasteiger partial charge in [-0.3, -0.25) is 4.79 Å². The lowest BCUT2D eigenvalue weighted by Gasteiger charge is -2.02. The Bertz CT molecular complexity index is 747. The Kier molecular flexibility index (Phi) is 4.62. The maximum atomic E-state index is 11.8. The van der Waals surface area contributed by atoms with Crippen molar-refractivity contribution in [3.05, 3.63) is 58.1 Å². The van der Waals surface area contributed by atoms with Gasteiger partial charge in [-0.2, -0.15) is 5.10 Å². The highest BCUT2D eigenvalue weighted by atomic mass is 79.9. The highest BCUT2D eigenvalue weighted by molar-refractivity contribution is 9.10. The first-order chi connectivity index (χ1) is 11.1. The molecule has 118 valence electrons. The van der Waals surface area contributed by atoms with Crippen LogP contribution in [-0.4, -0.2) is 18.4 Å². The molecule has 6 heteroatoms. The van der Waals surface area contributed by atoms with Crippen LogP contribution < -0.4 is 14.9 Å². The van der Waals surface area contributed by atoms with Gasteiger partial charge in [0, 0.05) is 17.0 Å². The van der Waals surface area contributed by atoms with Crippen molar-refractivity contribution in [2.24, 2.45) is 5.10 Å². The number of rotatable bonds is 4. The molecular formula is C17H15BrN2O3. The summed E-state index contributed by atoms with van der Waals surface area (Å²) < 4.78 is 11.8. The molecule has 1 heterocycles. The van der Waals surface area contributed by atoms with Gasteiger partial charge < -0.3 is 9.47 Å². The SMILES string of the molecule is CC1Oc2cc(Br)c(C=NNC(=O)Cc3ccccc3)cc2O1. The number of fused-ring (bicyclic) bond motifs is 1. The third-order valence-electron chi connectivity index (χ3n) is 3.25. The topological polar surface area (TPSA) is 59.9 Å². The zero-order valence-electron chi connectivity index (χ0n) is 12.5. The Morgan fingerprint density at radius 1 is 1.26 bits per heavy atom. The highest BCUT2D eigenvalue weighted by Crippen LogP contribution is 2.38. The molecule has 1 N–H and O–H groups in total. The summed E-state index contributed by atoms with van der Waals surface area (Å²) in [5, 5.41) is 3.99. The van der Waals surface area contributed by atoms with E-state index in [1.54, 1.807) is 6.21 Å². The number of benzene rings is 2. The molecule has 1 amide bonds. The van der Waals surface area contributed by atoms with E-state index in [-0.39, 0.29) is 18.6 Å². The van der Waals surface area contributed by atoms with Gasteiger partial charge in [-0.05, 0) is 33.6 Å². The second-order valence-corrected chi connectivity index (χ2v) is 5.93. The van der Waals surface area contributed by atoms with E-state index in [0.29, 0.717) is 11.5 Å². The Morgan fingerprint density at radius 3 is 2.70 bits per heavy atom. The van der Waals surface area contributed by atoms with Gasteiger partial charge in [-0.25, -0.2) is 5.43 Å². The van der Waals surface area contributed by atoms with Crippen LogP contribution in [0.2, 0.25) is 0 Å². The van der Waals surface area contributed by atoms with Crippen LogP contribution >= 0.6 is 15.9 Å². The Labute approximate surface area is 142 Å². The Morgan fingerprint density at radius 2 is 1.96 bits per heavy atom. The van der Waals surface area contributed by atoms with Crippen molar-refractivity contribution < 1.29 is 14.3 Å². The van der Waals surface area contributed by atoms with Crippen molar-refractivity contribution in [1.29, 1.82) is 0 Å². The largest absolute Gasteiger partial charge is 0.451 e. The minimum atomic E-state index is -0.297. The van der Waals surface area contributed by atoms with Crippen LogP contribution in [0.5, 0.6) is 11.5 Å². The van der Waals surface area contributed by atoms with Crippen molar-refractivity contribution in [2.45, 2.75) is 19.6 Å². The molecule has 1 atom stereocenters. The fourth-order valence-corrected chi connectivity index (χ4v) is 2.64. The van der Waals surface area contributed by atoms with Crippen molar-refractivity contribution in [2.75, 3.05) is 0 Å². The van der Waals surface area contributed by atoms with E-state index in [9.17, 15) is 4.79 Å². The highest BCUT2D eigenvalue weighted by Gasteiger charge is 2.21. The van der Waals surface area contributed by atoms with E-state index in [4.69, 9.17) is 9.47 Å². The molecule has 5 nitrogen and oxygen atoms in total. The number of nitrogens with zero attached hydrogens (tertiary/aromatic N) is 1. The molecule has 23 heavy (non-hydrogen) atoms. The monoisotopic (exact) mass is 374 g/mol. The van der Waals surface area contributed by atoms with Crippen molar-refractivity contribution in [3.8, 4) is 11.5 Å². The molecule has 2 aromatic carbocycles. The van der Waals surface area contributed by atoms with Crippen LogP contribution in [0.1, 0.15) is 18.1 Å². The molecule has 0 aromatic heterocycles. The van der Waals surface area contributed by atoms with E-state index in [1.807, 2.05) is 49.4 Å². The molecule has 1 aliphatic rings. The van der Waals surface area contributed by atoms with Gasteiger partial charge in [0.1, 0.15) is 0 Å². The van der Waals surface area contributed by atoms with Crippen molar-refractivity contribution in [1.82, 2.24) is 5.43 Å². The number of carbonyl (C=O) groups is 1. The lowest BCUT2D eigenvalue weighted by molar-refractivity contribution is -0.120. The molecule has 1 aliphatic heterocycles. The first-order valence-electron chi connectivity index (χ1n) is 7.14. The number of ether oxygens (including phenoxy) is 2. The van der Waals surface area contributed by atoms with Gasteiger partial charge in [0.25, 0.3) is 0 Å². The van der Waals surface area contributed by atoms with Crippen molar-refractivity contribution >= 4 is 28.1 Å². The molecule has 0 saturated heterocycles. The number of hydrogen-bond donors (Lipinski definition) is 1. The lowest BCUT2D eigenvalue weighted by Crippen LogP contribution is -2.19. The molecule has 0 spiro atoms. The van der Waals surface area contributed by atoms with Gasteiger partial charge in [-0.1, -0.05) is 30.3 Å². The second-order valence-electron chi connectivity index (χ2n) is 5.08. The van der Waals surface area contributed by atoms with E-state index < -0.39 is 0 Å². The van der Waals surface area contributed by atoms with Crippen LogP contribution in [0.4, 0.5) is 0 Å². The molecule has 0 saturated carbocycles. The first-order valence-corrected chi connectivity index (χ1v) is 7.94. The summed E-state index contributed by atoms with van der Waals surface area (Å²) in [5.74, 6) is 1.19. The maximum absolute atomic E-state index is 11.8. The smallest absolute Gasteiger partial charge is 0.244 e. The summed E-state index contributed by atoms with van der Waals surface area (Å²) in [6, 6.07) is 13.2. The van der Waals surface area contributed by atoms with E-state index in [1.165, 1.54) is 0 Å². The van der Waals surface area contributed by atoms with Gasteiger partial charge in [0.15, 0.2) is 11.5 Å². The summed E-state index contributed by atoms with van der Waals surface area (Å²) >= 11 is 3.45. The van der Waals surface area contributed by atoms with E-state index in [2.05, 4.69) is 26.5 Å². The number of hydrazone groups is 1. The third kappa shape index (κ3) is 3.90. The molecular weight excluding hydrogens is 360 g/mol. The minimum absolute atomic E-state index is 0.169. The Hall–Kier alpha value is -2.34. The summed E-state index contributed by atoms with van der Waals surface area (Å²) in [6.45, 7) is 1.82. The van der Waals surface area contributed by atoms with Crippen LogP contribution in [0.25, 0.3) is 0 Å². The Balaban J connectivity index is 1.62. The van der Waals surface area contributed by atoms with E-state index >= 15 is 0 Å². The zero-order chi connectivity index (χ0) is 16.2. The first kappa shape index (κ1) is 15.6. The molecule has 0 bridgehead atoms. The van der Waals surface area contributed by atoms with Gasteiger partial charge in [-0.15, -0.1) is 0 Å². The van der Waals surface area contributed by atoms with Crippen molar-refractivity contribution in [3.63, 3.8) is 0 Å². The predicted molar refractivity (Wildman–Crippen MR) is 90.7 cm³/mol. The van der Waals surface area contributed by atoms with Crippen LogP contribution in [0.3, 0.4) is 0 Å². The fourth-order valence-electron chi connectivity index (χ4n) is 2.21. The number of halogens is 1. The number of nitrogens with one attached hydrogen (secondary N) is 1. The summed E-state index contributed by atoms with van der Waals surface area (Å²) in [7, 11) is 0. The summed E-state index contributed by atoms with van der Waals surface area (Å²) in [4.78, 5) is 11.8. The average molecular weight is 375 g/mol. The molecule has 3 rings (SSSR count). The van der Waals surface area contributed by atoms with Gasteiger partial charge >= 0.3 is 0 Å². The van der Waals surface area contributed by atoms with Crippen LogP contribution in [0, 0.1) is 0 Å².